The maximum absolute atomic E-state index is 5.52. The summed E-state index contributed by atoms with van der Waals surface area (Å²) in [6, 6.07) is 0. The molecule has 0 bridgehead atoms. The van der Waals surface area contributed by atoms with E-state index in [0.717, 1.165) is 12.1 Å². The first-order chi connectivity index (χ1) is 4.72. The molecule has 0 rings (SSSR count). The van der Waals surface area contributed by atoms with Gasteiger partial charge in [-0.15, -0.1) is 13.2 Å². The molecule has 0 aromatic carbocycles. The van der Waals surface area contributed by atoms with Crippen molar-refractivity contribution >= 4 is 17.3 Å². The molecule has 0 saturated carbocycles. The Bertz CT molecular complexity index is 127. The van der Waals surface area contributed by atoms with Crippen LogP contribution in [0.2, 0.25) is 0 Å². The van der Waals surface area contributed by atoms with Crippen molar-refractivity contribution in [3.05, 3.63) is 24.8 Å². The number of rotatable bonds is 2. The van der Waals surface area contributed by atoms with Crippen molar-refractivity contribution in [3.63, 3.8) is 0 Å². The van der Waals surface area contributed by atoms with Gasteiger partial charge >= 0.3 is 0 Å². The lowest BCUT2D eigenvalue weighted by molar-refractivity contribution is 1.25. The van der Waals surface area contributed by atoms with E-state index in [1.807, 2.05) is 6.92 Å². The van der Waals surface area contributed by atoms with Crippen molar-refractivity contribution in [1.29, 1.82) is 0 Å². The summed E-state index contributed by atoms with van der Waals surface area (Å²) in [6.07, 6.45) is 0.860. The summed E-state index contributed by atoms with van der Waals surface area (Å²) >= 11 is 5.52. The molecule has 10 heavy (non-hydrogen) atoms. The van der Waals surface area contributed by atoms with Crippen molar-refractivity contribution in [3.8, 4) is 0 Å². The minimum absolute atomic E-state index is 0.551. The zero-order valence-corrected chi connectivity index (χ0v) is 7.41. The second-order valence-corrected chi connectivity index (χ2v) is 1.88. The molecule has 0 unspecified atom stereocenters. The van der Waals surface area contributed by atoms with E-state index in [4.69, 9.17) is 11.6 Å². The van der Waals surface area contributed by atoms with E-state index < -0.39 is 0 Å². The van der Waals surface area contributed by atoms with Crippen molar-refractivity contribution < 1.29 is 0 Å². The van der Waals surface area contributed by atoms with Gasteiger partial charge in [0.2, 0.25) is 0 Å². The SMILES string of the molecule is C=C.C=C(Cl)C(CC)=NC. The Hall–Kier alpha value is -0.560. The zero-order chi connectivity index (χ0) is 8.57. The molecule has 1 nitrogen and oxygen atoms in total. The van der Waals surface area contributed by atoms with Gasteiger partial charge in [0.25, 0.3) is 0 Å². The number of aliphatic imine (C=N–C) groups is 1. The van der Waals surface area contributed by atoms with Gasteiger partial charge in [-0.3, -0.25) is 4.99 Å². The molecule has 0 radical (unpaired) electrons. The van der Waals surface area contributed by atoms with Crippen LogP contribution in [0.1, 0.15) is 13.3 Å². The molecular weight excluding hydrogens is 146 g/mol. The summed E-state index contributed by atoms with van der Waals surface area (Å²) in [6.45, 7) is 11.5. The molecule has 0 aliphatic heterocycles. The topological polar surface area (TPSA) is 12.4 Å². The van der Waals surface area contributed by atoms with Crippen molar-refractivity contribution in [1.82, 2.24) is 0 Å². The first kappa shape index (κ1) is 12.1. The quantitative estimate of drug-likeness (QED) is 0.434. The van der Waals surface area contributed by atoms with Gasteiger partial charge in [-0.05, 0) is 6.42 Å². The molecule has 0 saturated heterocycles. The van der Waals surface area contributed by atoms with E-state index in [1.165, 1.54) is 0 Å². The monoisotopic (exact) mass is 159 g/mol. The van der Waals surface area contributed by atoms with Crippen molar-refractivity contribution in [2.24, 2.45) is 4.99 Å². The van der Waals surface area contributed by atoms with E-state index in [-0.39, 0.29) is 0 Å². The summed E-state index contributed by atoms with van der Waals surface area (Å²) in [5, 5.41) is 0.551. The Morgan fingerprint density at radius 3 is 1.90 bits per heavy atom. The predicted octanol–water partition coefficient (Wildman–Crippen LogP) is 3.02. The first-order valence-corrected chi connectivity index (χ1v) is 3.40. The molecule has 0 fully saturated rings. The minimum atomic E-state index is 0.551. The highest BCUT2D eigenvalue weighted by molar-refractivity contribution is 6.43. The van der Waals surface area contributed by atoms with Crippen LogP contribution < -0.4 is 0 Å². The second-order valence-electron chi connectivity index (χ2n) is 1.43. The van der Waals surface area contributed by atoms with Gasteiger partial charge < -0.3 is 0 Å². The summed E-state index contributed by atoms with van der Waals surface area (Å²) in [5.74, 6) is 0. The average Bonchev–Trinajstić information content (AvgIpc) is 1.94. The van der Waals surface area contributed by atoms with Gasteiger partial charge in [0.15, 0.2) is 0 Å². The van der Waals surface area contributed by atoms with Crippen LogP contribution >= 0.6 is 11.6 Å². The van der Waals surface area contributed by atoms with Crippen LogP contribution in [0.4, 0.5) is 0 Å². The standard InChI is InChI=1S/C6H10ClN.C2H4/c1-4-6(8-3)5(2)7;1-2/h2,4H2,1,3H3;1-2H2. The molecule has 0 aromatic heterocycles. The number of halogens is 1. The molecule has 0 atom stereocenters. The van der Waals surface area contributed by atoms with Crippen molar-refractivity contribution in [2.75, 3.05) is 7.05 Å². The van der Waals surface area contributed by atoms with Crippen LogP contribution in [0, 0.1) is 0 Å². The molecule has 0 amide bonds. The zero-order valence-electron chi connectivity index (χ0n) is 6.65. The van der Waals surface area contributed by atoms with Crippen LogP contribution in [0.3, 0.4) is 0 Å². The van der Waals surface area contributed by atoms with Crippen molar-refractivity contribution in [2.45, 2.75) is 13.3 Å². The third kappa shape index (κ3) is 5.57. The Kier molecular flexibility index (Phi) is 10.3. The minimum Gasteiger partial charge on any atom is -0.292 e. The highest BCUT2D eigenvalue weighted by Crippen LogP contribution is 2.02. The van der Waals surface area contributed by atoms with E-state index >= 15 is 0 Å². The van der Waals surface area contributed by atoms with Gasteiger partial charge in [0.1, 0.15) is 0 Å². The van der Waals surface area contributed by atoms with Crippen LogP contribution in [0.15, 0.2) is 29.8 Å². The smallest absolute Gasteiger partial charge is 0.0544 e. The lowest BCUT2D eigenvalue weighted by atomic mass is 10.3. The first-order valence-electron chi connectivity index (χ1n) is 3.02. The number of nitrogens with zero attached hydrogens (tertiary/aromatic N) is 1. The second kappa shape index (κ2) is 8.44. The van der Waals surface area contributed by atoms with Crippen LogP contribution in [0.25, 0.3) is 0 Å². The van der Waals surface area contributed by atoms with Gasteiger partial charge in [0.05, 0.1) is 10.7 Å². The molecule has 0 aliphatic rings. The fourth-order valence-electron chi connectivity index (χ4n) is 0.471. The third-order valence-corrected chi connectivity index (χ3v) is 1.14. The fraction of sp³-hybridized carbons (Fsp3) is 0.375. The highest BCUT2D eigenvalue weighted by atomic mass is 35.5. The third-order valence-electron chi connectivity index (χ3n) is 0.918. The number of hydrogen-bond acceptors (Lipinski definition) is 1. The molecule has 58 valence electrons. The van der Waals surface area contributed by atoms with E-state index in [2.05, 4.69) is 24.7 Å². The fourth-order valence-corrected chi connectivity index (χ4v) is 0.689. The van der Waals surface area contributed by atoms with E-state index in [1.54, 1.807) is 7.05 Å². The van der Waals surface area contributed by atoms with Crippen LogP contribution in [-0.2, 0) is 0 Å². The maximum Gasteiger partial charge on any atom is 0.0544 e. The lowest BCUT2D eigenvalue weighted by Crippen LogP contribution is -1.92. The normalized spacial score (nSPS) is 9.70. The number of hydrogen-bond donors (Lipinski definition) is 0. The maximum atomic E-state index is 5.52. The molecule has 0 heterocycles. The summed E-state index contributed by atoms with van der Waals surface area (Å²) in [5.41, 5.74) is 0.881. The van der Waals surface area contributed by atoms with Gasteiger partial charge in [-0.2, -0.15) is 0 Å². The Morgan fingerprint density at radius 2 is 1.90 bits per heavy atom. The van der Waals surface area contributed by atoms with Gasteiger partial charge in [-0.25, -0.2) is 0 Å². The Labute approximate surface area is 68.1 Å². The average molecular weight is 160 g/mol. The van der Waals surface area contributed by atoms with Gasteiger partial charge in [-0.1, -0.05) is 25.1 Å². The highest BCUT2D eigenvalue weighted by Gasteiger charge is 1.93. The van der Waals surface area contributed by atoms with Gasteiger partial charge in [0, 0.05) is 7.05 Å². The summed E-state index contributed by atoms with van der Waals surface area (Å²) < 4.78 is 0. The summed E-state index contributed by atoms with van der Waals surface area (Å²) in [4.78, 5) is 3.89. The van der Waals surface area contributed by atoms with Crippen LogP contribution in [-0.4, -0.2) is 12.8 Å². The van der Waals surface area contributed by atoms with Crippen LogP contribution in [0.5, 0.6) is 0 Å². The predicted molar refractivity (Wildman–Crippen MR) is 49.9 cm³/mol. The molecule has 0 aromatic rings. The Balaban J connectivity index is 0. The summed E-state index contributed by atoms with van der Waals surface area (Å²) in [7, 11) is 1.71. The largest absolute Gasteiger partial charge is 0.292 e. The molecule has 0 aliphatic carbocycles. The molecule has 0 spiro atoms. The Morgan fingerprint density at radius 1 is 1.50 bits per heavy atom. The molecular formula is C8H14ClN. The lowest BCUT2D eigenvalue weighted by Gasteiger charge is -1.94. The molecule has 2 heteroatoms. The van der Waals surface area contributed by atoms with E-state index in [0.29, 0.717) is 5.03 Å². The molecule has 0 N–H and O–H groups in total. The van der Waals surface area contributed by atoms with E-state index in [9.17, 15) is 0 Å². The number of allylic oxidation sites excluding steroid dienone is 1.